The van der Waals surface area contributed by atoms with Gasteiger partial charge in [0.25, 0.3) is 0 Å². The largest absolute Gasteiger partial charge is 0.454 e. The zero-order valence-electron chi connectivity index (χ0n) is 11.8. The maximum absolute atomic E-state index is 5.38. The highest BCUT2D eigenvalue weighted by atomic mass is 32.1. The van der Waals surface area contributed by atoms with Crippen LogP contribution in [0.25, 0.3) is 10.6 Å². The molecule has 5 nitrogen and oxygen atoms in total. The molecule has 2 N–H and O–H groups in total. The van der Waals surface area contributed by atoms with E-state index in [0.717, 1.165) is 40.2 Å². The van der Waals surface area contributed by atoms with Gasteiger partial charge in [-0.05, 0) is 29.8 Å². The molecule has 0 saturated carbocycles. The lowest BCUT2D eigenvalue weighted by atomic mass is 10.2. The smallest absolute Gasteiger partial charge is 0.231 e. The molecular weight excluding hydrogens is 298 g/mol. The number of benzene rings is 1. The van der Waals surface area contributed by atoms with Gasteiger partial charge < -0.3 is 19.8 Å². The van der Waals surface area contributed by atoms with Crippen LogP contribution in [0.4, 0.5) is 0 Å². The van der Waals surface area contributed by atoms with Gasteiger partial charge in [-0.3, -0.25) is 0 Å². The Hall–Kier alpha value is -2.31. The minimum Gasteiger partial charge on any atom is -0.454 e. The van der Waals surface area contributed by atoms with Crippen LogP contribution in [0.15, 0.2) is 42.7 Å². The number of aromatic nitrogens is 2. The van der Waals surface area contributed by atoms with Crippen LogP contribution in [0.3, 0.4) is 0 Å². The number of H-pyrrole nitrogens is 1. The minimum absolute atomic E-state index is 0.312. The summed E-state index contributed by atoms with van der Waals surface area (Å²) in [5.74, 6) is 1.64. The van der Waals surface area contributed by atoms with E-state index in [-0.39, 0.29) is 0 Å². The van der Waals surface area contributed by atoms with Crippen molar-refractivity contribution in [1.29, 1.82) is 0 Å². The lowest BCUT2D eigenvalue weighted by Gasteiger charge is -2.04. The summed E-state index contributed by atoms with van der Waals surface area (Å²) in [6.45, 7) is 1.83. The van der Waals surface area contributed by atoms with E-state index in [4.69, 9.17) is 9.47 Å². The molecular formula is C16H15N3O2S. The zero-order chi connectivity index (χ0) is 14.8. The molecule has 0 aliphatic carbocycles. The van der Waals surface area contributed by atoms with Crippen LogP contribution in [0, 0.1) is 0 Å². The average Bonchev–Trinajstić information content (AvgIpc) is 3.28. The van der Waals surface area contributed by atoms with Crippen molar-refractivity contribution in [3.63, 3.8) is 0 Å². The second-order valence-corrected chi connectivity index (χ2v) is 6.11. The van der Waals surface area contributed by atoms with E-state index in [1.54, 1.807) is 11.3 Å². The second kappa shape index (κ2) is 5.82. The first kappa shape index (κ1) is 13.4. The van der Waals surface area contributed by atoms with E-state index in [0.29, 0.717) is 6.79 Å². The molecule has 3 heterocycles. The maximum Gasteiger partial charge on any atom is 0.231 e. The molecule has 1 aromatic carbocycles. The van der Waals surface area contributed by atoms with Crippen molar-refractivity contribution in [3.05, 3.63) is 53.3 Å². The molecule has 0 saturated heterocycles. The number of hydrogen-bond donors (Lipinski definition) is 2. The Labute approximate surface area is 131 Å². The predicted molar refractivity (Wildman–Crippen MR) is 85.0 cm³/mol. The fourth-order valence-electron chi connectivity index (χ4n) is 2.36. The van der Waals surface area contributed by atoms with Gasteiger partial charge in [-0.2, -0.15) is 0 Å². The number of nitrogens with one attached hydrogen (secondary N) is 2. The van der Waals surface area contributed by atoms with Crippen LogP contribution in [0.1, 0.15) is 10.6 Å². The van der Waals surface area contributed by atoms with E-state index in [2.05, 4.69) is 21.4 Å². The molecule has 22 heavy (non-hydrogen) atoms. The highest BCUT2D eigenvalue weighted by Crippen LogP contribution is 2.32. The Kier molecular flexibility index (Phi) is 3.54. The summed E-state index contributed by atoms with van der Waals surface area (Å²) in [5, 5.41) is 4.48. The highest BCUT2D eigenvalue weighted by Gasteiger charge is 2.13. The standard InChI is InChI=1S/C16H15N3O2S/c1-2-12(18-5-1)15-8-19-16(22-15)9-17-7-11-3-4-13-14(6-11)21-10-20-13/h1-6,8,17-18H,7,9-10H2. The summed E-state index contributed by atoms with van der Waals surface area (Å²) in [7, 11) is 0. The van der Waals surface area contributed by atoms with Gasteiger partial charge in [0.1, 0.15) is 5.01 Å². The molecule has 1 aliphatic rings. The SMILES string of the molecule is c1c[nH]c(-c2cnc(CNCc3ccc4c(c3)OCO4)s2)c1. The van der Waals surface area contributed by atoms with Gasteiger partial charge in [-0.25, -0.2) is 4.98 Å². The number of thiazole rings is 1. The lowest BCUT2D eigenvalue weighted by Crippen LogP contribution is -2.12. The molecule has 0 unspecified atom stereocenters. The van der Waals surface area contributed by atoms with E-state index < -0.39 is 0 Å². The third-order valence-electron chi connectivity index (χ3n) is 3.46. The van der Waals surface area contributed by atoms with E-state index in [1.807, 2.05) is 36.7 Å². The summed E-state index contributed by atoms with van der Waals surface area (Å²) >= 11 is 1.70. The van der Waals surface area contributed by atoms with Gasteiger partial charge in [0.15, 0.2) is 11.5 Å². The Morgan fingerprint density at radius 1 is 1.18 bits per heavy atom. The molecule has 112 valence electrons. The van der Waals surface area contributed by atoms with Crippen LogP contribution in [-0.2, 0) is 13.1 Å². The molecule has 0 spiro atoms. The second-order valence-electron chi connectivity index (χ2n) is 4.99. The number of aromatic amines is 1. The molecule has 0 atom stereocenters. The number of nitrogens with zero attached hydrogens (tertiary/aromatic N) is 1. The summed E-state index contributed by atoms with van der Waals surface area (Å²) in [4.78, 5) is 8.81. The van der Waals surface area contributed by atoms with Crippen molar-refractivity contribution in [3.8, 4) is 22.1 Å². The Balaban J connectivity index is 1.35. The Bertz CT molecular complexity index is 768. The van der Waals surface area contributed by atoms with Crippen molar-refractivity contribution >= 4 is 11.3 Å². The third-order valence-corrected chi connectivity index (χ3v) is 4.49. The lowest BCUT2D eigenvalue weighted by molar-refractivity contribution is 0.174. The van der Waals surface area contributed by atoms with Crippen LogP contribution < -0.4 is 14.8 Å². The van der Waals surface area contributed by atoms with Crippen molar-refractivity contribution < 1.29 is 9.47 Å². The van der Waals surface area contributed by atoms with Gasteiger partial charge >= 0.3 is 0 Å². The molecule has 0 bridgehead atoms. The van der Waals surface area contributed by atoms with Crippen molar-refractivity contribution in [2.24, 2.45) is 0 Å². The van der Waals surface area contributed by atoms with Crippen molar-refractivity contribution in [2.75, 3.05) is 6.79 Å². The monoisotopic (exact) mass is 313 g/mol. The molecule has 2 aromatic heterocycles. The van der Waals surface area contributed by atoms with Crippen LogP contribution in [0.2, 0.25) is 0 Å². The number of hydrogen-bond acceptors (Lipinski definition) is 5. The third kappa shape index (κ3) is 2.70. The predicted octanol–water partition coefficient (Wildman–Crippen LogP) is 3.16. The van der Waals surface area contributed by atoms with Gasteiger partial charge in [-0.15, -0.1) is 11.3 Å². The Morgan fingerprint density at radius 2 is 2.14 bits per heavy atom. The molecule has 4 rings (SSSR count). The molecule has 0 fully saturated rings. The fraction of sp³-hybridized carbons (Fsp3) is 0.188. The maximum atomic E-state index is 5.38. The fourth-order valence-corrected chi connectivity index (χ4v) is 3.24. The van der Waals surface area contributed by atoms with Gasteiger partial charge in [0.2, 0.25) is 6.79 Å². The normalized spacial score (nSPS) is 12.7. The van der Waals surface area contributed by atoms with E-state index in [1.165, 1.54) is 5.56 Å². The molecule has 1 aliphatic heterocycles. The number of rotatable bonds is 5. The average molecular weight is 313 g/mol. The van der Waals surface area contributed by atoms with Gasteiger partial charge in [-0.1, -0.05) is 6.07 Å². The first-order valence-corrected chi connectivity index (χ1v) is 7.88. The van der Waals surface area contributed by atoms with Crippen molar-refractivity contribution in [1.82, 2.24) is 15.3 Å². The summed E-state index contributed by atoms with van der Waals surface area (Å²) < 4.78 is 10.7. The Morgan fingerprint density at radius 3 is 3.05 bits per heavy atom. The first-order valence-electron chi connectivity index (χ1n) is 7.06. The van der Waals surface area contributed by atoms with Gasteiger partial charge in [0, 0.05) is 25.5 Å². The topological polar surface area (TPSA) is 59.2 Å². The zero-order valence-corrected chi connectivity index (χ0v) is 12.7. The molecule has 6 heteroatoms. The summed E-state index contributed by atoms with van der Waals surface area (Å²) in [6.07, 6.45) is 3.83. The molecule has 0 radical (unpaired) electrons. The summed E-state index contributed by atoms with van der Waals surface area (Å²) in [6, 6.07) is 10.1. The number of fused-ring (bicyclic) bond motifs is 1. The quantitative estimate of drug-likeness (QED) is 0.759. The van der Waals surface area contributed by atoms with Crippen molar-refractivity contribution in [2.45, 2.75) is 13.1 Å². The van der Waals surface area contributed by atoms with E-state index in [9.17, 15) is 0 Å². The molecule has 0 amide bonds. The van der Waals surface area contributed by atoms with Crippen LogP contribution in [-0.4, -0.2) is 16.8 Å². The number of ether oxygens (including phenoxy) is 2. The van der Waals surface area contributed by atoms with Crippen LogP contribution in [0.5, 0.6) is 11.5 Å². The van der Waals surface area contributed by atoms with Gasteiger partial charge in [0.05, 0.1) is 10.6 Å². The summed E-state index contributed by atoms with van der Waals surface area (Å²) in [5.41, 5.74) is 2.28. The minimum atomic E-state index is 0.312. The first-order chi connectivity index (χ1) is 10.9. The van der Waals surface area contributed by atoms with E-state index >= 15 is 0 Å². The van der Waals surface area contributed by atoms with Crippen LogP contribution >= 0.6 is 11.3 Å². The highest BCUT2D eigenvalue weighted by molar-refractivity contribution is 7.15. The molecule has 3 aromatic rings.